The Morgan fingerprint density at radius 1 is 1.37 bits per heavy atom. The lowest BCUT2D eigenvalue weighted by molar-refractivity contribution is -0.121. The summed E-state index contributed by atoms with van der Waals surface area (Å²) < 4.78 is 1.71. The molecule has 0 spiro atoms. The number of amides is 1. The van der Waals surface area contributed by atoms with Crippen molar-refractivity contribution in [3.8, 4) is 0 Å². The number of carbonyl (C=O) groups is 1. The largest absolute Gasteiger partial charge is 0.352 e. The van der Waals surface area contributed by atoms with Crippen molar-refractivity contribution >= 4 is 5.91 Å². The van der Waals surface area contributed by atoms with Crippen molar-refractivity contribution in [2.24, 2.45) is 0 Å². The third kappa shape index (κ3) is 4.54. The van der Waals surface area contributed by atoms with Crippen LogP contribution in [0.3, 0.4) is 0 Å². The van der Waals surface area contributed by atoms with Gasteiger partial charge in [0.15, 0.2) is 0 Å². The summed E-state index contributed by atoms with van der Waals surface area (Å²) in [5.41, 5.74) is 1.18. The quantitative estimate of drug-likeness (QED) is 0.852. The number of carbonyl (C=O) groups excluding carboxylic acids is 1. The van der Waals surface area contributed by atoms with Gasteiger partial charge in [-0.25, -0.2) is 4.98 Å². The minimum Gasteiger partial charge on any atom is -0.352 e. The topological polar surface area (TPSA) is 59.8 Å². The van der Waals surface area contributed by atoms with Crippen LogP contribution in [0.2, 0.25) is 0 Å². The number of hydrogen-bond donors (Lipinski definition) is 1. The van der Waals surface area contributed by atoms with Gasteiger partial charge in [-0.15, -0.1) is 0 Å². The second-order valence-corrected chi connectivity index (χ2v) is 4.57. The van der Waals surface area contributed by atoms with Crippen LogP contribution in [0.15, 0.2) is 43.0 Å². The molecule has 1 heterocycles. The number of aryl methyl sites for hydroxylation is 1. The molecule has 0 aliphatic carbocycles. The van der Waals surface area contributed by atoms with E-state index in [0.717, 1.165) is 6.42 Å². The van der Waals surface area contributed by atoms with Crippen molar-refractivity contribution in [3.05, 3.63) is 48.5 Å². The number of benzene rings is 1. The lowest BCUT2D eigenvalue weighted by Crippen LogP contribution is -2.35. The van der Waals surface area contributed by atoms with Crippen LogP contribution in [0, 0.1) is 0 Å². The van der Waals surface area contributed by atoms with E-state index in [0.29, 0.717) is 13.0 Å². The van der Waals surface area contributed by atoms with E-state index in [1.54, 1.807) is 11.0 Å². The fourth-order valence-electron chi connectivity index (χ4n) is 1.90. The number of nitrogens with zero attached hydrogens (tertiary/aromatic N) is 3. The first-order valence-corrected chi connectivity index (χ1v) is 6.40. The Balaban J connectivity index is 1.72. The maximum absolute atomic E-state index is 11.8. The maximum atomic E-state index is 11.8. The zero-order valence-corrected chi connectivity index (χ0v) is 11.0. The Hall–Kier alpha value is -2.17. The van der Waals surface area contributed by atoms with Crippen LogP contribution in [-0.4, -0.2) is 26.7 Å². The van der Waals surface area contributed by atoms with E-state index in [1.165, 1.54) is 11.9 Å². The summed E-state index contributed by atoms with van der Waals surface area (Å²) in [6.07, 6.45) is 4.41. The molecule has 2 aromatic rings. The van der Waals surface area contributed by atoms with Crippen molar-refractivity contribution in [3.63, 3.8) is 0 Å². The Morgan fingerprint density at radius 2 is 2.16 bits per heavy atom. The number of aromatic nitrogens is 3. The summed E-state index contributed by atoms with van der Waals surface area (Å²) in [5, 5.41) is 6.97. The van der Waals surface area contributed by atoms with Crippen molar-refractivity contribution in [1.82, 2.24) is 20.1 Å². The Morgan fingerprint density at radius 3 is 2.84 bits per heavy atom. The Kier molecular flexibility index (Phi) is 4.66. The maximum Gasteiger partial charge on any atom is 0.220 e. The van der Waals surface area contributed by atoms with Crippen LogP contribution < -0.4 is 5.32 Å². The summed E-state index contributed by atoms with van der Waals surface area (Å²) in [7, 11) is 0. The molecular formula is C14H18N4O. The molecule has 19 heavy (non-hydrogen) atoms. The normalized spacial score (nSPS) is 12.1. The zero-order chi connectivity index (χ0) is 13.5. The van der Waals surface area contributed by atoms with E-state index in [1.807, 2.05) is 37.3 Å². The van der Waals surface area contributed by atoms with Crippen molar-refractivity contribution in [2.45, 2.75) is 32.4 Å². The van der Waals surface area contributed by atoms with Gasteiger partial charge in [-0.05, 0) is 18.9 Å². The highest BCUT2D eigenvalue weighted by atomic mass is 16.1. The average Bonchev–Trinajstić information content (AvgIpc) is 2.90. The molecule has 1 N–H and O–H groups in total. The minimum atomic E-state index is 0.0463. The van der Waals surface area contributed by atoms with Gasteiger partial charge < -0.3 is 5.32 Å². The summed E-state index contributed by atoms with van der Waals surface area (Å²) in [5.74, 6) is 0.0662. The van der Waals surface area contributed by atoms with Crippen LogP contribution in [0.1, 0.15) is 18.9 Å². The molecule has 0 saturated heterocycles. The van der Waals surface area contributed by atoms with Gasteiger partial charge >= 0.3 is 0 Å². The average molecular weight is 258 g/mol. The predicted octanol–water partition coefficient (Wildman–Crippen LogP) is 1.42. The van der Waals surface area contributed by atoms with Gasteiger partial charge in [0, 0.05) is 12.5 Å². The third-order valence-electron chi connectivity index (χ3n) is 2.82. The summed E-state index contributed by atoms with van der Waals surface area (Å²) in [6.45, 7) is 2.60. The van der Waals surface area contributed by atoms with Crippen LogP contribution in [-0.2, 0) is 17.8 Å². The fourth-order valence-corrected chi connectivity index (χ4v) is 1.90. The van der Waals surface area contributed by atoms with Crippen LogP contribution in [0.5, 0.6) is 0 Å². The molecule has 1 aromatic heterocycles. The van der Waals surface area contributed by atoms with E-state index in [2.05, 4.69) is 15.4 Å². The molecule has 0 aliphatic heterocycles. The van der Waals surface area contributed by atoms with Gasteiger partial charge in [0.25, 0.3) is 0 Å². The van der Waals surface area contributed by atoms with Crippen LogP contribution >= 0.6 is 0 Å². The van der Waals surface area contributed by atoms with Crippen molar-refractivity contribution < 1.29 is 4.79 Å². The van der Waals surface area contributed by atoms with Crippen LogP contribution in [0.25, 0.3) is 0 Å². The monoisotopic (exact) mass is 258 g/mol. The van der Waals surface area contributed by atoms with Gasteiger partial charge in [-0.1, -0.05) is 30.3 Å². The van der Waals surface area contributed by atoms with E-state index in [4.69, 9.17) is 0 Å². The summed E-state index contributed by atoms with van der Waals surface area (Å²) in [4.78, 5) is 15.7. The lowest BCUT2D eigenvalue weighted by Gasteiger charge is -2.13. The summed E-state index contributed by atoms with van der Waals surface area (Å²) >= 11 is 0. The van der Waals surface area contributed by atoms with E-state index < -0.39 is 0 Å². The van der Waals surface area contributed by atoms with E-state index in [9.17, 15) is 4.79 Å². The molecule has 0 radical (unpaired) electrons. The third-order valence-corrected chi connectivity index (χ3v) is 2.82. The Bertz CT molecular complexity index is 495. The zero-order valence-electron chi connectivity index (χ0n) is 11.0. The molecule has 1 atom stereocenters. The number of nitrogens with one attached hydrogen (secondary N) is 1. The molecule has 5 heteroatoms. The first-order chi connectivity index (χ1) is 9.24. The second-order valence-electron chi connectivity index (χ2n) is 4.57. The molecule has 1 aromatic carbocycles. The molecular weight excluding hydrogens is 240 g/mol. The van der Waals surface area contributed by atoms with Crippen LogP contribution in [0.4, 0.5) is 0 Å². The van der Waals surface area contributed by atoms with E-state index >= 15 is 0 Å². The molecule has 2 rings (SSSR count). The molecule has 0 unspecified atom stereocenters. The predicted molar refractivity (Wildman–Crippen MR) is 72.4 cm³/mol. The van der Waals surface area contributed by atoms with Gasteiger partial charge in [0.2, 0.25) is 5.91 Å². The van der Waals surface area contributed by atoms with Crippen molar-refractivity contribution in [2.75, 3.05) is 0 Å². The lowest BCUT2D eigenvalue weighted by atomic mass is 10.1. The SMILES string of the molecule is C[C@@H](Cn1cncn1)NC(=O)CCc1ccccc1. The molecule has 5 nitrogen and oxygen atoms in total. The number of hydrogen-bond acceptors (Lipinski definition) is 3. The van der Waals surface area contributed by atoms with Gasteiger partial charge in [0.05, 0.1) is 6.54 Å². The standard InChI is InChI=1S/C14H18N4O/c1-12(9-18-11-15-10-16-18)17-14(19)8-7-13-5-3-2-4-6-13/h2-6,10-12H,7-9H2,1H3,(H,17,19)/t12-/m0/s1. The van der Waals surface area contributed by atoms with E-state index in [-0.39, 0.29) is 11.9 Å². The molecule has 100 valence electrons. The smallest absolute Gasteiger partial charge is 0.220 e. The highest BCUT2D eigenvalue weighted by Gasteiger charge is 2.08. The van der Waals surface area contributed by atoms with Crippen molar-refractivity contribution in [1.29, 1.82) is 0 Å². The highest BCUT2D eigenvalue weighted by Crippen LogP contribution is 2.02. The minimum absolute atomic E-state index is 0.0463. The van der Waals surface area contributed by atoms with Gasteiger partial charge in [-0.3, -0.25) is 9.48 Å². The van der Waals surface area contributed by atoms with Gasteiger partial charge in [0.1, 0.15) is 12.7 Å². The first kappa shape index (κ1) is 13.3. The summed E-state index contributed by atoms with van der Waals surface area (Å²) in [6, 6.07) is 10.1. The fraction of sp³-hybridized carbons (Fsp3) is 0.357. The molecule has 0 saturated carbocycles. The molecule has 0 aliphatic rings. The number of rotatable bonds is 6. The molecule has 1 amide bonds. The Labute approximate surface area is 112 Å². The first-order valence-electron chi connectivity index (χ1n) is 6.40. The second kappa shape index (κ2) is 6.68. The highest BCUT2D eigenvalue weighted by molar-refractivity contribution is 5.76. The molecule has 0 bridgehead atoms. The van der Waals surface area contributed by atoms with Gasteiger partial charge in [-0.2, -0.15) is 5.10 Å². The molecule has 0 fully saturated rings.